The fraction of sp³-hybridized carbons (Fsp3) is 0.528. The number of hydrogen-bond donors (Lipinski definition) is 0. The lowest BCUT2D eigenvalue weighted by atomic mass is 9.93. The molecule has 1 atom stereocenters. The molecule has 7 rings (SSSR count). The van der Waals surface area contributed by atoms with Gasteiger partial charge in [-0.25, -0.2) is 9.78 Å². The molecule has 0 aliphatic carbocycles. The fourth-order valence-electron chi connectivity index (χ4n) is 7.20. The number of fused-ring (bicyclic) bond motifs is 4. The highest BCUT2D eigenvalue weighted by Gasteiger charge is 2.40. The van der Waals surface area contributed by atoms with Crippen LogP contribution >= 0.6 is 0 Å². The SMILES string of the molecule is C=C1C2=C(C=C3c4nc5ccc(OC=O)cc5c(CC)c4CN13)C(OC)C(=O)OC2.CC.CN1CCC(N2CCCCC2)CC1. The van der Waals surface area contributed by atoms with Crippen LogP contribution in [0.3, 0.4) is 0 Å². The molecule has 0 N–H and O–H groups in total. The number of pyridine rings is 1. The molecule has 5 aliphatic rings. The molecule has 9 nitrogen and oxygen atoms in total. The summed E-state index contributed by atoms with van der Waals surface area (Å²) in [5.41, 5.74) is 7.34. The molecule has 242 valence electrons. The van der Waals surface area contributed by atoms with Gasteiger partial charge in [-0.2, -0.15) is 0 Å². The second kappa shape index (κ2) is 14.7. The number of likely N-dealkylation sites (tertiary alicyclic amines) is 2. The highest BCUT2D eigenvalue weighted by Crippen LogP contribution is 2.45. The number of piperidine rings is 2. The first-order chi connectivity index (χ1) is 21.9. The van der Waals surface area contributed by atoms with E-state index in [1.54, 1.807) is 6.07 Å². The van der Waals surface area contributed by atoms with Crippen molar-refractivity contribution in [2.45, 2.75) is 78.0 Å². The highest BCUT2D eigenvalue weighted by molar-refractivity contribution is 5.91. The van der Waals surface area contributed by atoms with E-state index in [0.29, 0.717) is 18.8 Å². The van der Waals surface area contributed by atoms with Crippen molar-refractivity contribution < 1.29 is 23.8 Å². The molecule has 45 heavy (non-hydrogen) atoms. The number of rotatable bonds is 5. The van der Waals surface area contributed by atoms with Crippen molar-refractivity contribution in [3.05, 3.63) is 64.5 Å². The van der Waals surface area contributed by atoms with Crippen molar-refractivity contribution in [1.29, 1.82) is 0 Å². The van der Waals surface area contributed by atoms with E-state index in [1.165, 1.54) is 65.4 Å². The van der Waals surface area contributed by atoms with Crippen molar-refractivity contribution in [3.8, 4) is 5.75 Å². The normalized spacial score (nSPS) is 21.8. The first kappa shape index (κ1) is 32.9. The van der Waals surface area contributed by atoms with Crippen LogP contribution in [0.15, 0.2) is 47.7 Å². The third-order valence-corrected chi connectivity index (χ3v) is 9.56. The minimum Gasteiger partial charge on any atom is -0.459 e. The van der Waals surface area contributed by atoms with Crippen molar-refractivity contribution in [1.82, 2.24) is 19.7 Å². The molecule has 6 heterocycles. The van der Waals surface area contributed by atoms with Gasteiger partial charge in [-0.05, 0) is 95.2 Å². The van der Waals surface area contributed by atoms with Gasteiger partial charge in [0.2, 0.25) is 0 Å². The van der Waals surface area contributed by atoms with Gasteiger partial charge in [-0.1, -0.05) is 33.8 Å². The topological polar surface area (TPSA) is 84.4 Å². The maximum atomic E-state index is 12.2. The van der Waals surface area contributed by atoms with Gasteiger partial charge in [0.1, 0.15) is 12.4 Å². The van der Waals surface area contributed by atoms with E-state index in [0.717, 1.165) is 62.7 Å². The smallest absolute Gasteiger partial charge is 0.340 e. The third-order valence-electron chi connectivity index (χ3n) is 9.56. The van der Waals surface area contributed by atoms with Gasteiger partial charge >= 0.3 is 5.97 Å². The Morgan fingerprint density at radius 2 is 1.84 bits per heavy atom. The minimum absolute atomic E-state index is 0.186. The summed E-state index contributed by atoms with van der Waals surface area (Å²) >= 11 is 0. The lowest BCUT2D eigenvalue weighted by molar-refractivity contribution is -0.153. The van der Waals surface area contributed by atoms with Crippen LogP contribution in [0.2, 0.25) is 0 Å². The van der Waals surface area contributed by atoms with Crippen LogP contribution in [0.1, 0.15) is 69.7 Å². The predicted molar refractivity (Wildman–Crippen MR) is 177 cm³/mol. The molecule has 2 aromatic rings. The Morgan fingerprint density at radius 1 is 1.11 bits per heavy atom. The van der Waals surface area contributed by atoms with E-state index in [9.17, 15) is 9.59 Å². The van der Waals surface area contributed by atoms with Gasteiger partial charge in [-0.3, -0.25) is 4.79 Å². The number of ether oxygens (including phenoxy) is 3. The van der Waals surface area contributed by atoms with E-state index in [4.69, 9.17) is 19.2 Å². The fourth-order valence-corrected chi connectivity index (χ4v) is 7.20. The predicted octanol–water partition coefficient (Wildman–Crippen LogP) is 5.48. The van der Waals surface area contributed by atoms with Crippen molar-refractivity contribution in [2.75, 3.05) is 46.9 Å². The van der Waals surface area contributed by atoms with Crippen LogP contribution in [0.4, 0.5) is 0 Å². The molecule has 0 spiro atoms. The van der Waals surface area contributed by atoms with Crippen molar-refractivity contribution >= 4 is 29.0 Å². The second-order valence-corrected chi connectivity index (χ2v) is 12.0. The Balaban J connectivity index is 0.000000223. The molecule has 1 aromatic heterocycles. The van der Waals surface area contributed by atoms with E-state index in [2.05, 4.69) is 35.3 Å². The van der Waals surface area contributed by atoms with Gasteiger partial charge < -0.3 is 28.9 Å². The Hall–Kier alpha value is -3.53. The summed E-state index contributed by atoms with van der Waals surface area (Å²) < 4.78 is 15.7. The first-order valence-corrected chi connectivity index (χ1v) is 16.5. The quantitative estimate of drug-likeness (QED) is 0.320. The van der Waals surface area contributed by atoms with Crippen LogP contribution in [0.5, 0.6) is 5.75 Å². The Morgan fingerprint density at radius 3 is 2.51 bits per heavy atom. The van der Waals surface area contributed by atoms with Crippen LogP contribution in [0, 0.1) is 0 Å². The van der Waals surface area contributed by atoms with E-state index in [1.807, 2.05) is 32.1 Å². The second-order valence-electron chi connectivity index (χ2n) is 12.0. The summed E-state index contributed by atoms with van der Waals surface area (Å²) in [6.45, 7) is 17.0. The molecule has 2 fully saturated rings. The maximum Gasteiger partial charge on any atom is 0.340 e. The molecule has 5 aliphatic heterocycles. The largest absolute Gasteiger partial charge is 0.459 e. The van der Waals surface area contributed by atoms with Crippen molar-refractivity contribution in [3.63, 3.8) is 0 Å². The zero-order chi connectivity index (χ0) is 32.1. The van der Waals surface area contributed by atoms with Gasteiger partial charge in [0.15, 0.2) is 6.10 Å². The average molecular weight is 617 g/mol. The number of benzene rings is 1. The summed E-state index contributed by atoms with van der Waals surface area (Å²) in [6, 6.07) is 6.36. The molecule has 0 amide bonds. The Bertz CT molecular complexity index is 1480. The van der Waals surface area contributed by atoms with Gasteiger partial charge in [-0.15, -0.1) is 0 Å². The number of hydrogen-bond acceptors (Lipinski definition) is 9. The highest BCUT2D eigenvalue weighted by atomic mass is 16.6. The van der Waals surface area contributed by atoms with Crippen LogP contribution < -0.4 is 4.74 Å². The zero-order valence-corrected chi connectivity index (χ0v) is 27.6. The molecule has 0 saturated carbocycles. The number of nitrogens with zero attached hydrogens (tertiary/aromatic N) is 4. The number of cyclic esters (lactones) is 1. The summed E-state index contributed by atoms with van der Waals surface area (Å²) in [7, 11) is 3.74. The number of aryl methyl sites for hydroxylation is 1. The van der Waals surface area contributed by atoms with Crippen LogP contribution in [0.25, 0.3) is 16.6 Å². The monoisotopic (exact) mass is 616 g/mol. The first-order valence-electron chi connectivity index (χ1n) is 16.5. The van der Waals surface area contributed by atoms with Crippen LogP contribution in [-0.2, 0) is 32.0 Å². The lowest BCUT2D eigenvalue weighted by Gasteiger charge is -2.39. The summed E-state index contributed by atoms with van der Waals surface area (Å²) in [4.78, 5) is 35.1. The molecule has 0 radical (unpaired) electrons. The van der Waals surface area contributed by atoms with Gasteiger partial charge in [0.25, 0.3) is 6.47 Å². The number of carbonyl (C=O) groups is 2. The number of aromatic nitrogens is 1. The molecule has 1 aromatic carbocycles. The number of esters is 1. The number of carbonyl (C=O) groups excluding carboxylic acids is 2. The molecule has 2 saturated heterocycles. The van der Waals surface area contributed by atoms with Crippen LogP contribution in [-0.4, -0.2) is 91.2 Å². The molecule has 0 bridgehead atoms. The summed E-state index contributed by atoms with van der Waals surface area (Å²) in [5.74, 6) is 0.0972. The van der Waals surface area contributed by atoms with E-state index >= 15 is 0 Å². The lowest BCUT2D eigenvalue weighted by Crippen LogP contribution is -2.45. The van der Waals surface area contributed by atoms with E-state index in [-0.39, 0.29) is 6.61 Å². The Kier molecular flexibility index (Phi) is 10.7. The number of methoxy groups -OCH3 is 1. The Labute approximate surface area is 267 Å². The molecular formula is C36H48N4O5. The summed E-state index contributed by atoms with van der Waals surface area (Å²) in [5, 5.41) is 0.965. The molecule has 1 unspecified atom stereocenters. The maximum absolute atomic E-state index is 12.2. The third kappa shape index (κ3) is 6.57. The standard InChI is InChI=1S/C23H20N2O5.C11H22N2.C2H6/c1-4-14-15-7-13(30-11-26)5-6-19(15)24-21-17(14)9-25-12(2)18-10-29-23(27)22(28-3)16(18)8-20(21)25;1-12-9-5-11(6-10-12)13-7-3-2-4-8-13;1-2/h5-8,11,22H,2,4,9-10H2,1,3H3;11H,2-10H2,1H3;1-2H3. The van der Waals surface area contributed by atoms with Gasteiger partial charge in [0, 0.05) is 40.9 Å². The zero-order valence-electron chi connectivity index (χ0n) is 27.6. The molecule has 9 heteroatoms. The van der Waals surface area contributed by atoms with Crippen molar-refractivity contribution in [2.24, 2.45) is 0 Å². The van der Waals surface area contributed by atoms with E-state index < -0.39 is 12.1 Å². The molecular weight excluding hydrogens is 568 g/mol. The van der Waals surface area contributed by atoms with Gasteiger partial charge in [0.05, 0.1) is 23.5 Å². The minimum atomic E-state index is -0.765. The summed E-state index contributed by atoms with van der Waals surface area (Å²) in [6.07, 6.45) is 9.15. The average Bonchev–Trinajstić information content (AvgIpc) is 3.44.